The van der Waals surface area contributed by atoms with Crippen molar-refractivity contribution in [2.75, 3.05) is 18.2 Å². The van der Waals surface area contributed by atoms with Crippen LogP contribution >= 0.6 is 0 Å². The van der Waals surface area contributed by atoms with E-state index in [-0.39, 0.29) is 13.0 Å². The summed E-state index contributed by atoms with van der Waals surface area (Å²) in [4.78, 5) is 42.3. The number of carbonyl (C=O) groups is 2. The Morgan fingerprint density at radius 2 is 1.65 bits per heavy atom. The number of hydrogen-bond acceptors (Lipinski definition) is 9. The van der Waals surface area contributed by atoms with Crippen molar-refractivity contribution < 1.29 is 23.8 Å². The average Bonchev–Trinajstić information content (AvgIpc) is 3.45. The van der Waals surface area contributed by atoms with Gasteiger partial charge in [-0.15, -0.1) is 0 Å². The maximum atomic E-state index is 12.9. The van der Waals surface area contributed by atoms with E-state index in [4.69, 9.17) is 20.1 Å². The lowest BCUT2D eigenvalue weighted by Gasteiger charge is -2.19. The standard InChI is InChI=1S/C27H28N4O6/c1-16-3-7-18(8-4-16)25(32)35-15-22-21(37-26(33)19-9-5-17(2)6-10-19)13-23(36-22)30-14-20-11-12-31(28)24(20)29-27(30)34/h3-10,14,21-23H,11-13,15,28H2,1-2H3/t21-,22+,23+/m0/s1. The fourth-order valence-corrected chi connectivity index (χ4v) is 4.45. The van der Waals surface area contributed by atoms with Crippen LogP contribution in [0.2, 0.25) is 0 Å². The third-order valence-corrected chi connectivity index (χ3v) is 6.60. The molecule has 0 spiro atoms. The number of aromatic nitrogens is 2. The van der Waals surface area contributed by atoms with E-state index in [2.05, 4.69) is 4.98 Å². The Kier molecular flexibility index (Phi) is 6.77. The van der Waals surface area contributed by atoms with Crippen LogP contribution in [-0.4, -0.2) is 46.8 Å². The van der Waals surface area contributed by atoms with Crippen LogP contribution < -0.4 is 16.5 Å². The van der Waals surface area contributed by atoms with E-state index in [1.807, 2.05) is 38.1 Å². The van der Waals surface area contributed by atoms with Gasteiger partial charge in [0, 0.05) is 24.7 Å². The van der Waals surface area contributed by atoms with Crippen LogP contribution in [0.3, 0.4) is 0 Å². The van der Waals surface area contributed by atoms with Gasteiger partial charge >= 0.3 is 17.6 Å². The zero-order valence-electron chi connectivity index (χ0n) is 20.6. The van der Waals surface area contributed by atoms with Crippen LogP contribution in [0.1, 0.15) is 50.1 Å². The molecule has 10 nitrogen and oxygen atoms in total. The van der Waals surface area contributed by atoms with E-state index in [0.717, 1.165) is 16.7 Å². The number of hydrazine groups is 1. The summed E-state index contributed by atoms with van der Waals surface area (Å²) in [6, 6.07) is 14.0. The van der Waals surface area contributed by atoms with Gasteiger partial charge in [-0.3, -0.25) is 9.58 Å². The van der Waals surface area contributed by atoms with Gasteiger partial charge in [-0.1, -0.05) is 35.4 Å². The van der Waals surface area contributed by atoms with Crippen molar-refractivity contribution in [2.45, 2.75) is 45.1 Å². The van der Waals surface area contributed by atoms with Gasteiger partial charge in [0.2, 0.25) is 0 Å². The molecule has 2 aliphatic heterocycles. The van der Waals surface area contributed by atoms with Crippen LogP contribution in [0.4, 0.5) is 5.82 Å². The highest BCUT2D eigenvalue weighted by Gasteiger charge is 2.41. The summed E-state index contributed by atoms with van der Waals surface area (Å²) in [7, 11) is 0. The van der Waals surface area contributed by atoms with E-state index in [9.17, 15) is 14.4 Å². The molecule has 2 aliphatic rings. The molecule has 0 bridgehead atoms. The molecular weight excluding hydrogens is 476 g/mol. The Labute approximate surface area is 213 Å². The molecule has 3 aromatic rings. The molecule has 0 unspecified atom stereocenters. The molecule has 2 aromatic carbocycles. The van der Waals surface area contributed by atoms with E-state index < -0.39 is 36.1 Å². The third kappa shape index (κ3) is 5.25. The minimum atomic E-state index is -0.778. The molecule has 0 radical (unpaired) electrons. The van der Waals surface area contributed by atoms with Crippen molar-refractivity contribution in [1.82, 2.24) is 9.55 Å². The number of hydrogen-bond donors (Lipinski definition) is 1. The fourth-order valence-electron chi connectivity index (χ4n) is 4.45. The second-order valence-corrected chi connectivity index (χ2v) is 9.36. The van der Waals surface area contributed by atoms with Crippen molar-refractivity contribution in [2.24, 2.45) is 5.84 Å². The van der Waals surface area contributed by atoms with Gasteiger partial charge in [0.25, 0.3) is 0 Å². The van der Waals surface area contributed by atoms with Crippen LogP contribution in [0, 0.1) is 13.8 Å². The number of ether oxygens (including phenoxy) is 3. The summed E-state index contributed by atoms with van der Waals surface area (Å²) in [5.74, 6) is 5.30. The second-order valence-electron chi connectivity index (χ2n) is 9.36. The van der Waals surface area contributed by atoms with Gasteiger partial charge in [0.05, 0.1) is 11.1 Å². The van der Waals surface area contributed by atoms with E-state index in [0.29, 0.717) is 29.9 Å². The summed E-state index contributed by atoms with van der Waals surface area (Å²) in [6.07, 6.45) is 0.236. The van der Waals surface area contributed by atoms with Crippen molar-refractivity contribution in [3.63, 3.8) is 0 Å². The van der Waals surface area contributed by atoms with Crippen LogP contribution in [0.25, 0.3) is 0 Å². The van der Waals surface area contributed by atoms with Crippen LogP contribution in [-0.2, 0) is 20.6 Å². The first-order valence-electron chi connectivity index (χ1n) is 12.1. The van der Waals surface area contributed by atoms with Crippen molar-refractivity contribution in [1.29, 1.82) is 0 Å². The summed E-state index contributed by atoms with van der Waals surface area (Å²) in [5, 5.41) is 1.44. The predicted molar refractivity (Wildman–Crippen MR) is 134 cm³/mol. The van der Waals surface area contributed by atoms with Gasteiger partial charge in [-0.25, -0.2) is 20.2 Å². The minimum absolute atomic E-state index is 0.154. The monoisotopic (exact) mass is 504 g/mol. The van der Waals surface area contributed by atoms with Crippen LogP contribution in [0.5, 0.6) is 0 Å². The highest BCUT2D eigenvalue weighted by atomic mass is 16.6. The smallest absolute Gasteiger partial charge is 0.351 e. The fraction of sp³-hybridized carbons (Fsp3) is 0.333. The number of rotatable bonds is 6. The molecule has 1 fully saturated rings. The Morgan fingerprint density at radius 1 is 1.03 bits per heavy atom. The molecule has 1 saturated heterocycles. The van der Waals surface area contributed by atoms with Gasteiger partial charge in [0.15, 0.2) is 5.82 Å². The molecule has 1 aromatic heterocycles. The quantitative estimate of drug-likeness (QED) is 0.398. The molecule has 0 aliphatic carbocycles. The highest BCUT2D eigenvalue weighted by Crippen LogP contribution is 2.32. The molecule has 10 heteroatoms. The highest BCUT2D eigenvalue weighted by molar-refractivity contribution is 5.90. The topological polar surface area (TPSA) is 126 Å². The molecule has 2 N–H and O–H groups in total. The lowest BCUT2D eigenvalue weighted by molar-refractivity contribution is -0.0582. The van der Waals surface area contributed by atoms with Gasteiger partial charge in [-0.05, 0) is 44.5 Å². The molecule has 37 heavy (non-hydrogen) atoms. The first kappa shape index (κ1) is 24.7. The number of nitrogens with two attached hydrogens (primary N) is 1. The van der Waals surface area contributed by atoms with Gasteiger partial charge in [-0.2, -0.15) is 4.98 Å². The lowest BCUT2D eigenvalue weighted by Crippen LogP contribution is -2.33. The lowest BCUT2D eigenvalue weighted by atomic mass is 10.1. The maximum Gasteiger partial charge on any atom is 0.351 e. The van der Waals surface area contributed by atoms with Crippen LogP contribution in [0.15, 0.2) is 59.5 Å². The molecule has 3 atom stereocenters. The normalized spacial score (nSPS) is 20.5. The Bertz CT molecular complexity index is 1370. The first-order chi connectivity index (χ1) is 17.8. The zero-order chi connectivity index (χ0) is 26.1. The SMILES string of the molecule is Cc1ccc(C(=O)OC[C@H]2O[C@@H](n3cc4c(nc3=O)N(N)CC4)C[C@@H]2OC(=O)c2ccc(C)cc2)cc1. The van der Waals surface area contributed by atoms with Gasteiger partial charge < -0.3 is 14.2 Å². The number of fused-ring (bicyclic) bond motifs is 1. The molecule has 0 amide bonds. The summed E-state index contributed by atoms with van der Waals surface area (Å²) >= 11 is 0. The van der Waals surface area contributed by atoms with Crippen molar-refractivity contribution in [3.8, 4) is 0 Å². The number of esters is 2. The third-order valence-electron chi connectivity index (χ3n) is 6.60. The molecule has 5 rings (SSSR count). The maximum absolute atomic E-state index is 12.9. The first-order valence-corrected chi connectivity index (χ1v) is 12.1. The largest absolute Gasteiger partial charge is 0.459 e. The van der Waals surface area contributed by atoms with E-state index >= 15 is 0 Å². The molecule has 192 valence electrons. The number of carbonyl (C=O) groups excluding carboxylic acids is 2. The average molecular weight is 505 g/mol. The minimum Gasteiger partial charge on any atom is -0.459 e. The Morgan fingerprint density at radius 3 is 2.30 bits per heavy atom. The van der Waals surface area contributed by atoms with E-state index in [1.54, 1.807) is 30.5 Å². The second kappa shape index (κ2) is 10.2. The Hall–Kier alpha value is -4.02. The van der Waals surface area contributed by atoms with Gasteiger partial charge in [0.1, 0.15) is 25.0 Å². The van der Waals surface area contributed by atoms with Crippen molar-refractivity contribution in [3.05, 3.63) is 93.0 Å². The Balaban J connectivity index is 1.35. The van der Waals surface area contributed by atoms with Crippen molar-refractivity contribution >= 4 is 17.8 Å². The molecule has 3 heterocycles. The van der Waals surface area contributed by atoms with E-state index in [1.165, 1.54) is 9.58 Å². The number of aryl methyl sites for hydroxylation is 2. The number of nitrogens with zero attached hydrogens (tertiary/aromatic N) is 3. The number of benzene rings is 2. The molecular formula is C27H28N4O6. The predicted octanol–water partition coefficient (Wildman–Crippen LogP) is 2.47. The summed E-state index contributed by atoms with van der Waals surface area (Å²) < 4.78 is 18.8. The zero-order valence-corrected chi connectivity index (χ0v) is 20.6. The molecule has 0 saturated carbocycles. The summed E-state index contributed by atoms with van der Waals surface area (Å²) in [6.45, 7) is 4.26. The number of anilines is 1. The summed E-state index contributed by atoms with van der Waals surface area (Å²) in [5.41, 5.74) is 3.13.